The van der Waals surface area contributed by atoms with Gasteiger partial charge < -0.3 is 15.5 Å². The van der Waals surface area contributed by atoms with Gasteiger partial charge in [0.1, 0.15) is 5.82 Å². The van der Waals surface area contributed by atoms with Gasteiger partial charge in [-0.25, -0.2) is 4.98 Å². The fraction of sp³-hybridized carbons (Fsp3) is 0.346. The molecule has 1 atom stereocenters. The fourth-order valence-corrected chi connectivity index (χ4v) is 5.34. The maximum atomic E-state index is 4.94. The van der Waals surface area contributed by atoms with Crippen LogP contribution in [-0.2, 0) is 6.54 Å². The van der Waals surface area contributed by atoms with E-state index in [0.29, 0.717) is 11.8 Å². The Bertz CT molecular complexity index is 1180. The Morgan fingerprint density at radius 1 is 1.03 bits per heavy atom. The Morgan fingerprint density at radius 2 is 1.91 bits per heavy atom. The summed E-state index contributed by atoms with van der Waals surface area (Å²) < 4.78 is 0. The summed E-state index contributed by atoms with van der Waals surface area (Å²) in [7, 11) is 0. The van der Waals surface area contributed by atoms with E-state index < -0.39 is 0 Å². The number of fused-ring (bicyclic) bond motifs is 2. The minimum Gasteiger partial charge on any atom is -0.340 e. The number of aliphatic imine (C=N–C) groups is 1. The van der Waals surface area contributed by atoms with Gasteiger partial charge in [0, 0.05) is 41.8 Å². The first-order valence-corrected chi connectivity index (χ1v) is 11.6. The summed E-state index contributed by atoms with van der Waals surface area (Å²) in [4.78, 5) is 16.4. The first-order valence-electron chi connectivity index (χ1n) is 11.6. The monoisotopic (exact) mass is 424 g/mol. The highest BCUT2D eigenvalue weighted by atomic mass is 15.3. The second kappa shape index (κ2) is 8.02. The van der Waals surface area contributed by atoms with Crippen LogP contribution >= 0.6 is 0 Å². The predicted molar refractivity (Wildman–Crippen MR) is 130 cm³/mol. The third-order valence-corrected chi connectivity index (χ3v) is 6.95. The maximum Gasteiger partial charge on any atom is 0.232 e. The van der Waals surface area contributed by atoms with Gasteiger partial charge in [0.2, 0.25) is 5.95 Å². The molecule has 0 radical (unpaired) electrons. The molecule has 3 aliphatic rings. The summed E-state index contributed by atoms with van der Waals surface area (Å²) in [5.41, 5.74) is 7.13. The Kier molecular flexibility index (Phi) is 4.87. The van der Waals surface area contributed by atoms with Crippen molar-refractivity contribution in [1.82, 2.24) is 15.3 Å². The van der Waals surface area contributed by atoms with E-state index in [1.807, 2.05) is 19.2 Å². The second-order valence-corrected chi connectivity index (χ2v) is 9.07. The quantitative estimate of drug-likeness (QED) is 0.636. The smallest absolute Gasteiger partial charge is 0.232 e. The lowest BCUT2D eigenvalue weighted by atomic mass is 9.82. The van der Waals surface area contributed by atoms with Crippen LogP contribution in [0.15, 0.2) is 53.5 Å². The van der Waals surface area contributed by atoms with Crippen molar-refractivity contribution >= 4 is 29.4 Å². The third-order valence-electron chi connectivity index (χ3n) is 6.95. The number of hydrogen-bond donors (Lipinski definition) is 2. The number of hydrogen-bond acceptors (Lipinski definition) is 6. The largest absolute Gasteiger partial charge is 0.340 e. The zero-order chi connectivity index (χ0) is 21.5. The molecule has 1 aromatic heterocycles. The van der Waals surface area contributed by atoms with Crippen LogP contribution < -0.4 is 15.5 Å². The van der Waals surface area contributed by atoms with Gasteiger partial charge in [0.25, 0.3) is 0 Å². The Labute approximate surface area is 188 Å². The van der Waals surface area contributed by atoms with Crippen molar-refractivity contribution in [2.45, 2.75) is 32.2 Å². The Balaban J connectivity index is 1.31. The van der Waals surface area contributed by atoms with Gasteiger partial charge in [-0.1, -0.05) is 24.3 Å². The Hall–Kier alpha value is -3.25. The van der Waals surface area contributed by atoms with Crippen molar-refractivity contribution in [3.8, 4) is 0 Å². The molecule has 162 valence electrons. The number of nitrogens with zero attached hydrogens (tertiary/aromatic N) is 4. The lowest BCUT2D eigenvalue weighted by molar-refractivity contribution is 0.327. The molecule has 6 nitrogen and oxygen atoms in total. The van der Waals surface area contributed by atoms with E-state index in [4.69, 9.17) is 9.97 Å². The van der Waals surface area contributed by atoms with Crippen LogP contribution in [0.5, 0.6) is 0 Å². The number of piperidine rings is 1. The van der Waals surface area contributed by atoms with Crippen molar-refractivity contribution in [3.63, 3.8) is 0 Å². The van der Waals surface area contributed by atoms with E-state index in [9.17, 15) is 0 Å². The van der Waals surface area contributed by atoms with E-state index in [-0.39, 0.29) is 0 Å². The van der Waals surface area contributed by atoms with Crippen LogP contribution in [-0.4, -0.2) is 35.8 Å². The van der Waals surface area contributed by atoms with Crippen LogP contribution in [0.25, 0.3) is 0 Å². The molecule has 0 amide bonds. The zero-order valence-electron chi connectivity index (χ0n) is 18.4. The lowest BCUT2D eigenvalue weighted by Crippen LogP contribution is -2.32. The number of rotatable bonds is 4. The molecule has 0 bridgehead atoms. The highest BCUT2D eigenvalue weighted by Gasteiger charge is 2.36. The molecular weight excluding hydrogens is 396 g/mol. The van der Waals surface area contributed by atoms with E-state index >= 15 is 0 Å². The molecule has 3 aliphatic heterocycles. The molecule has 32 heavy (non-hydrogen) atoms. The summed E-state index contributed by atoms with van der Waals surface area (Å²) in [5.74, 6) is 2.84. The molecule has 6 rings (SSSR count). The number of aryl methyl sites for hydroxylation is 1. The van der Waals surface area contributed by atoms with Crippen LogP contribution in [0.3, 0.4) is 0 Å². The van der Waals surface area contributed by atoms with Gasteiger partial charge >= 0.3 is 0 Å². The third kappa shape index (κ3) is 3.54. The van der Waals surface area contributed by atoms with Gasteiger partial charge in [0.15, 0.2) is 0 Å². The molecule has 6 heteroatoms. The molecule has 1 saturated heterocycles. The van der Waals surface area contributed by atoms with Crippen LogP contribution in [0.1, 0.15) is 41.1 Å². The molecular formula is C26H28N6. The average Bonchev–Trinajstić information content (AvgIpc) is 3.44. The number of anilines is 4. The standard InChI is InChI=1S/C26H28N6/c1-17-12-25(30-21-7-6-19-14-28-15-20(19)13-21)31-26(29-17)32-16-23(18-8-10-27-11-9-18)22-4-2-3-5-24(22)32/h2-7,12-13,15,18,23,27H,8-11,14,16H2,1H3,(H,29,30,31). The molecule has 4 heterocycles. The average molecular weight is 425 g/mol. The number of para-hydroxylation sites is 1. The highest BCUT2D eigenvalue weighted by molar-refractivity contribution is 5.86. The molecule has 0 aliphatic carbocycles. The second-order valence-electron chi connectivity index (χ2n) is 9.07. The van der Waals surface area contributed by atoms with Crippen LogP contribution in [0.4, 0.5) is 23.1 Å². The van der Waals surface area contributed by atoms with Gasteiger partial charge in [-0.05, 0) is 73.7 Å². The first-order chi connectivity index (χ1) is 15.7. The summed E-state index contributed by atoms with van der Waals surface area (Å²) in [6.07, 6.45) is 4.41. The maximum absolute atomic E-state index is 4.94. The Morgan fingerprint density at radius 3 is 2.81 bits per heavy atom. The van der Waals surface area contributed by atoms with Crippen molar-refractivity contribution < 1.29 is 0 Å². The summed E-state index contributed by atoms with van der Waals surface area (Å²) in [5, 5.41) is 6.99. The number of benzene rings is 2. The van der Waals surface area contributed by atoms with Crippen molar-refractivity contribution in [2.24, 2.45) is 10.9 Å². The topological polar surface area (TPSA) is 65.4 Å². The molecule has 2 N–H and O–H groups in total. The molecule has 2 aromatic carbocycles. The summed E-state index contributed by atoms with van der Waals surface area (Å²) in [6, 6.07) is 17.2. The SMILES string of the molecule is Cc1cc(Nc2ccc3c(c2)C=NC3)nc(N2CC(C3CCNCC3)c3ccccc32)n1. The molecule has 3 aromatic rings. The summed E-state index contributed by atoms with van der Waals surface area (Å²) in [6.45, 7) is 5.99. The van der Waals surface area contributed by atoms with Gasteiger partial charge in [-0.2, -0.15) is 4.98 Å². The molecule has 0 saturated carbocycles. The van der Waals surface area contributed by atoms with E-state index in [0.717, 1.165) is 49.3 Å². The van der Waals surface area contributed by atoms with Crippen LogP contribution in [0.2, 0.25) is 0 Å². The predicted octanol–water partition coefficient (Wildman–Crippen LogP) is 4.70. The highest BCUT2D eigenvalue weighted by Crippen LogP contribution is 2.45. The first kappa shape index (κ1) is 19.4. The van der Waals surface area contributed by atoms with E-state index in [2.05, 4.69) is 63.0 Å². The van der Waals surface area contributed by atoms with Crippen molar-refractivity contribution in [1.29, 1.82) is 0 Å². The van der Waals surface area contributed by atoms with Crippen molar-refractivity contribution in [3.05, 3.63) is 70.9 Å². The van der Waals surface area contributed by atoms with Crippen molar-refractivity contribution in [2.75, 3.05) is 29.9 Å². The van der Waals surface area contributed by atoms with E-state index in [1.165, 1.54) is 35.2 Å². The van der Waals surface area contributed by atoms with E-state index in [1.54, 1.807) is 0 Å². The number of nitrogens with one attached hydrogen (secondary N) is 2. The van der Waals surface area contributed by atoms with Crippen LogP contribution in [0, 0.1) is 12.8 Å². The van der Waals surface area contributed by atoms with Gasteiger partial charge in [-0.3, -0.25) is 4.99 Å². The van der Waals surface area contributed by atoms with Gasteiger partial charge in [0.05, 0.1) is 6.54 Å². The fourth-order valence-electron chi connectivity index (χ4n) is 5.34. The number of aromatic nitrogens is 2. The molecule has 1 unspecified atom stereocenters. The summed E-state index contributed by atoms with van der Waals surface area (Å²) >= 11 is 0. The zero-order valence-corrected chi connectivity index (χ0v) is 18.4. The normalized spacial score (nSPS) is 19.8. The molecule has 1 fully saturated rings. The molecule has 0 spiro atoms. The minimum atomic E-state index is 0.532. The lowest BCUT2D eigenvalue weighted by Gasteiger charge is -2.28. The minimum absolute atomic E-state index is 0.532. The van der Waals surface area contributed by atoms with Gasteiger partial charge in [-0.15, -0.1) is 0 Å².